The number of carbonyl (C=O) groups is 21. The molecule has 2 aromatic rings. The Kier molecular flexibility index (Phi) is 49.4. The van der Waals surface area contributed by atoms with E-state index in [2.05, 4.69) is 37.2 Å². The summed E-state index contributed by atoms with van der Waals surface area (Å²) in [4.78, 5) is 292. The molecule has 2 aromatic carbocycles. The van der Waals surface area contributed by atoms with E-state index < -0.39 is 302 Å². The number of carboxylic acids is 5. The number of aliphatic carboxylic acids is 5. The molecule has 0 aliphatic carbocycles. The van der Waals surface area contributed by atoms with Crippen molar-refractivity contribution in [1.29, 1.82) is 0 Å². The normalized spacial score (nSPS) is 21.7. The molecule has 43 nitrogen and oxygen atoms in total. The number of esters is 2. The molecule has 0 aromatic heterocycles. The number of likely N-dealkylation sites (tertiary alicyclic amines) is 1. The molecule has 776 valence electrons. The number of aliphatic hydroxyl groups is 1. The number of nitrogens with one attached hydrogen (secondary N) is 7. The highest BCUT2D eigenvalue weighted by molar-refractivity contribution is 8.76. The SMILES string of the molecule is CC[C@@H](C)[C@@H]1NC(=O)[C@H](NC(=O)[C@H](CC(C)C)N(C)C(=O)C2CCCN2C(=O)[C@@H](C)OC(=O)OCCSSC[C@H](CC(=O)[C@H](Cc2ccccc2)NC(=O)[C@H](CC(=O)O)CC(=O)CC[C@H](NC(=O)CC[C@H](NC(=S)N[C@@H](CCC(=O)O)OC=O)C(=O)O)C(=O)O)C(=O)O)[C@H](C)OC(=O)[C@@H](Cc2ccc(C)cc2)N(C)C(=O)[C@H]2CCCN2C(=O)C(CC(C)C)NC(=O)[C@H](C)C(=O)[C@@H](C(C)C)OC(=O)C[C@H]1O. The van der Waals surface area contributed by atoms with Gasteiger partial charge < -0.3 is 111 Å². The third kappa shape index (κ3) is 38.2. The van der Waals surface area contributed by atoms with Crippen molar-refractivity contribution in [3.05, 3.63) is 71.3 Å². The molecule has 2 unspecified atom stereocenters. The van der Waals surface area contributed by atoms with Gasteiger partial charge >= 0.3 is 47.9 Å². The van der Waals surface area contributed by atoms with Gasteiger partial charge in [-0.3, -0.25) is 81.5 Å². The van der Waals surface area contributed by atoms with Crippen LogP contribution in [0, 0.1) is 48.3 Å². The molecule has 46 heteroatoms. The van der Waals surface area contributed by atoms with E-state index in [9.17, 15) is 102 Å². The molecule has 3 fully saturated rings. The number of fused-ring (bicyclic) bond motifs is 1. The molecule has 0 bridgehead atoms. The minimum atomic E-state index is -1.90. The van der Waals surface area contributed by atoms with Gasteiger partial charge in [-0.15, -0.1) is 0 Å². The minimum absolute atomic E-state index is 0.00299. The number of cyclic esters (lactones) is 2. The van der Waals surface area contributed by atoms with Crippen molar-refractivity contribution in [3.63, 3.8) is 0 Å². The van der Waals surface area contributed by atoms with Crippen LogP contribution in [0.4, 0.5) is 4.79 Å². The van der Waals surface area contributed by atoms with E-state index >= 15 is 24.0 Å². The van der Waals surface area contributed by atoms with E-state index in [1.54, 1.807) is 96.1 Å². The second-order valence-electron chi connectivity index (χ2n) is 36.6. The van der Waals surface area contributed by atoms with Gasteiger partial charge in [0.1, 0.15) is 66.8 Å². The van der Waals surface area contributed by atoms with Crippen LogP contribution >= 0.6 is 33.8 Å². The molecule has 0 radical (unpaired) electrons. The van der Waals surface area contributed by atoms with E-state index in [0.717, 1.165) is 37.0 Å². The lowest BCUT2D eigenvalue weighted by atomic mass is 9.91. The van der Waals surface area contributed by atoms with E-state index in [1.807, 2.05) is 20.8 Å². The predicted molar refractivity (Wildman–Crippen MR) is 508 cm³/mol. The number of aliphatic hydroxyl groups excluding tert-OH is 1. The Morgan fingerprint density at radius 2 is 1.33 bits per heavy atom. The van der Waals surface area contributed by atoms with E-state index in [4.69, 9.17) is 41.0 Å². The van der Waals surface area contributed by atoms with E-state index in [1.165, 1.54) is 44.7 Å². The van der Waals surface area contributed by atoms with Gasteiger partial charge in [0, 0.05) is 77.2 Å². The van der Waals surface area contributed by atoms with Crippen molar-refractivity contribution in [3.8, 4) is 0 Å². The van der Waals surface area contributed by atoms with Gasteiger partial charge in [-0.2, -0.15) is 0 Å². The summed E-state index contributed by atoms with van der Waals surface area (Å²) in [5, 5.41) is 78.2. The van der Waals surface area contributed by atoms with Crippen LogP contribution in [-0.4, -0.2) is 317 Å². The average molecular weight is 2030 g/mol. The second kappa shape index (κ2) is 58.3. The molecule has 3 aliphatic heterocycles. The number of benzene rings is 2. The molecule has 0 spiro atoms. The Balaban J connectivity index is 1.28. The molecule has 13 N–H and O–H groups in total. The summed E-state index contributed by atoms with van der Waals surface area (Å²) >= 11 is 5.05. The van der Waals surface area contributed by atoms with E-state index in [-0.39, 0.29) is 107 Å². The van der Waals surface area contributed by atoms with Crippen LogP contribution in [0.15, 0.2) is 54.6 Å². The number of likely N-dealkylation sites (N-methyl/N-ethyl adjacent to an activating group) is 2. The van der Waals surface area contributed by atoms with Crippen LogP contribution in [0.25, 0.3) is 0 Å². The number of hydrogen-bond acceptors (Lipinski definition) is 30. The number of rotatable bonds is 49. The fraction of sp³-hybridized carbons (Fsp3) is 0.638. The quantitative estimate of drug-likeness (QED) is 0.00650. The van der Waals surface area contributed by atoms with Crippen LogP contribution in [-0.2, 0) is 132 Å². The third-order valence-electron chi connectivity index (χ3n) is 24.2. The lowest BCUT2D eigenvalue weighted by Gasteiger charge is -2.36. The van der Waals surface area contributed by atoms with Crippen molar-refractivity contribution in [2.45, 2.75) is 296 Å². The van der Waals surface area contributed by atoms with Gasteiger partial charge in [0.05, 0.1) is 55.2 Å². The highest BCUT2D eigenvalue weighted by Gasteiger charge is 2.48. The van der Waals surface area contributed by atoms with Crippen molar-refractivity contribution in [2.75, 3.05) is 45.3 Å². The van der Waals surface area contributed by atoms with Gasteiger partial charge in [0.2, 0.25) is 47.3 Å². The van der Waals surface area contributed by atoms with Crippen LogP contribution in [0.5, 0.6) is 0 Å². The predicted octanol–water partition coefficient (Wildman–Crippen LogP) is 4.01. The second-order valence-corrected chi connectivity index (χ2v) is 39.6. The smallest absolute Gasteiger partial charge is 0.481 e. The van der Waals surface area contributed by atoms with Crippen molar-refractivity contribution < 1.29 is 155 Å². The Hall–Kier alpha value is -11.9. The first-order chi connectivity index (χ1) is 65.9. The summed E-state index contributed by atoms with van der Waals surface area (Å²) in [6.45, 7) is 19.1. The highest BCUT2D eigenvalue weighted by Crippen LogP contribution is 2.31. The zero-order valence-electron chi connectivity index (χ0n) is 81.3. The summed E-state index contributed by atoms with van der Waals surface area (Å²) in [6.07, 6.45) is -14.9. The van der Waals surface area contributed by atoms with Crippen LogP contribution in [0.1, 0.15) is 202 Å². The fourth-order valence-corrected chi connectivity index (χ4v) is 18.5. The molecule has 140 heavy (non-hydrogen) atoms. The molecule has 5 rings (SSSR count). The summed E-state index contributed by atoms with van der Waals surface area (Å²) in [5.74, 6) is -26.7. The number of carboxylic acid groups (broad SMARTS) is 5. The molecular formula is C94H135N11O32S3. The number of hydrogen-bond donors (Lipinski definition) is 13. The molecule has 3 heterocycles. The zero-order chi connectivity index (χ0) is 105. The molecule has 3 saturated heterocycles. The maximum Gasteiger partial charge on any atom is 0.509 e. The summed E-state index contributed by atoms with van der Waals surface area (Å²) < 4.78 is 27.4. The molecule has 9 amide bonds. The summed E-state index contributed by atoms with van der Waals surface area (Å²) in [5.41, 5.74) is 1.91. The van der Waals surface area contributed by atoms with Crippen LogP contribution < -0.4 is 37.2 Å². The van der Waals surface area contributed by atoms with E-state index in [0.29, 0.717) is 17.5 Å². The molecule has 0 saturated carbocycles. The number of Topliss-reactive ketones (excluding diaryl/α,β-unsaturated/α-hetero) is 3. The molecule has 19 atom stereocenters. The standard InChI is InChI=1S/C94H135N11O32S3/c1-15-53(9)77-71(109)46-76(115)137-80(51(6)7)79(116)54(10)81(117)97-65(39-49(2)3)86(122)105-36-20-24-67(105)88(124)103(14)69(42-58-27-25-52(8)26-28-58)92(131)135-55(11)78(84(120)100-77)101-83(119)68(40-50(4)5)102(13)87(123)66-23-19-35-104(66)85(121)56(12)136-94(132)133-37-38-139-140-47-60(89(125)126)44-70(108)64(41-57-21-17-16-18-22-57)96-82(118)59(45-75(113)114)43-61(107)29-30-62(90(127)128)95-72(110)32-31-63(91(129)130)98-93(138)99-73(134-48-106)33-34-74(111)112/h16-18,21-22,25-28,48-51,53-56,59-60,62-69,71,73,77-78,80,109H,15,19-20,23-24,29-47H2,1-14H3,(H,95,110)(H,96,118)(H,97,117)(H,100,120)(H,101,119)(H,111,112)(H,113,114)(H,125,126)(H,127,128)(H,129,130)(H2,98,99,138)/t53-,54-,55+,56-,59+,60+,62+,63+,64+,65?,66?,67-,68+,69-,71-,73-,77+,78-,80-/m1/s1. The summed E-state index contributed by atoms with van der Waals surface area (Å²) in [7, 11) is 4.65. The number of ketones is 3. The number of amides is 9. The average Bonchev–Trinajstić information content (AvgIpc) is 1.60. The number of nitrogens with zero attached hydrogens (tertiary/aromatic N) is 4. The zero-order valence-corrected chi connectivity index (χ0v) is 83.7. The topological polar surface area (TPSA) is 623 Å². The Morgan fingerprint density at radius 3 is 1.93 bits per heavy atom. The van der Waals surface area contributed by atoms with Gasteiger partial charge in [0.15, 0.2) is 35.1 Å². The minimum Gasteiger partial charge on any atom is -0.481 e. The monoisotopic (exact) mass is 2030 g/mol. The number of ether oxygens (including phenoxy) is 5. The maximum absolute atomic E-state index is 15.4. The first-order valence-corrected chi connectivity index (χ1v) is 49.5. The van der Waals surface area contributed by atoms with Crippen LogP contribution in [0.2, 0.25) is 0 Å². The highest BCUT2D eigenvalue weighted by atomic mass is 33.1. The fourth-order valence-electron chi connectivity index (χ4n) is 16.1. The lowest BCUT2D eigenvalue weighted by Crippen LogP contribution is -2.62. The Bertz CT molecular complexity index is 4680. The Morgan fingerprint density at radius 1 is 0.686 bits per heavy atom. The van der Waals surface area contributed by atoms with Gasteiger partial charge in [-0.1, -0.05) is 144 Å². The summed E-state index contributed by atoms with van der Waals surface area (Å²) in [6, 6.07) is 0.454. The van der Waals surface area contributed by atoms with Crippen LogP contribution in [0.3, 0.4) is 0 Å². The van der Waals surface area contributed by atoms with Gasteiger partial charge in [-0.05, 0) is 132 Å². The maximum atomic E-state index is 15.4. The van der Waals surface area contributed by atoms with Gasteiger partial charge in [0.25, 0.3) is 12.4 Å². The Labute approximate surface area is 825 Å². The molecular weight excluding hydrogens is 1890 g/mol. The van der Waals surface area contributed by atoms with Crippen molar-refractivity contribution in [2.24, 2.45) is 41.4 Å². The van der Waals surface area contributed by atoms with Crippen molar-refractivity contribution >= 4 is 164 Å². The van der Waals surface area contributed by atoms with Gasteiger partial charge in [-0.25, -0.2) is 19.2 Å². The van der Waals surface area contributed by atoms with Crippen molar-refractivity contribution in [1.82, 2.24) is 56.8 Å². The first-order valence-electron chi connectivity index (χ1n) is 46.6. The lowest BCUT2D eigenvalue weighted by molar-refractivity contribution is -0.163. The molecule has 3 aliphatic rings. The first kappa shape index (κ1) is 119. The number of carbonyl (C=O) groups excluding carboxylic acids is 16. The number of thiocarbonyl (C=S) groups is 1. The third-order valence-corrected chi connectivity index (χ3v) is 26.9. The number of aryl methyl sites for hydroxylation is 1. The largest absolute Gasteiger partial charge is 0.509 e.